The van der Waals surface area contributed by atoms with Gasteiger partial charge in [-0.15, -0.1) is 0 Å². The van der Waals surface area contributed by atoms with Gasteiger partial charge in [0.25, 0.3) is 0 Å². The van der Waals surface area contributed by atoms with Crippen molar-refractivity contribution in [1.82, 2.24) is 0 Å². The molecule has 0 N–H and O–H groups in total. The van der Waals surface area contributed by atoms with Gasteiger partial charge in [-0.3, -0.25) is 0 Å². The molecule has 1 rings (SSSR count). The van der Waals surface area contributed by atoms with Gasteiger partial charge in [0, 0.05) is 1.37 Å². The minimum Gasteiger partial charge on any atom is -0.0590 e. The molecule has 0 aliphatic carbocycles. The molecular weight excluding hydrogens is 108 g/mol. The highest BCUT2D eigenvalue weighted by molar-refractivity contribution is 5.28. The summed E-state index contributed by atoms with van der Waals surface area (Å²) in [4.78, 5) is 0. The van der Waals surface area contributed by atoms with Gasteiger partial charge in [0.1, 0.15) is 0 Å². The average Bonchev–Trinajstić information content (AvgIpc) is 1.95. The molecule has 0 aliphatic rings. The van der Waals surface area contributed by atoms with Crippen LogP contribution in [-0.4, -0.2) is 0 Å². The molecule has 0 heterocycles. The van der Waals surface area contributed by atoms with Crippen molar-refractivity contribution in [2.24, 2.45) is 0 Å². The molecule has 48 valence electrons. The lowest BCUT2D eigenvalue weighted by Gasteiger charge is -1.98. The van der Waals surface area contributed by atoms with Crippen molar-refractivity contribution in [1.29, 1.82) is 0 Å². The first-order chi connectivity index (χ1) is 4.74. The van der Waals surface area contributed by atoms with Gasteiger partial charge in [-0.2, -0.15) is 0 Å². The Bertz CT molecular complexity index is 228. The van der Waals surface area contributed by atoms with Gasteiger partial charge < -0.3 is 0 Å². The van der Waals surface area contributed by atoms with Crippen LogP contribution in [0.5, 0.6) is 0 Å². The predicted octanol–water partition coefficient (Wildman–Crippen LogP) is 2.61. The molecule has 0 spiro atoms. The lowest BCUT2D eigenvalue weighted by atomic mass is 10.1. The zero-order valence-corrected chi connectivity index (χ0v) is 5.94. The summed E-state index contributed by atoms with van der Waals surface area (Å²) in [6.45, 7) is 4.55. The molecule has 9 heavy (non-hydrogen) atoms. The smallest absolute Gasteiger partial charge is 0.0280 e. The van der Waals surface area contributed by atoms with Crippen molar-refractivity contribution in [2.45, 2.75) is 20.7 Å². The van der Waals surface area contributed by atoms with E-state index in [4.69, 9.17) is 1.37 Å². The summed E-state index contributed by atoms with van der Waals surface area (Å²) in [5.41, 5.74) is 3.69. The maximum absolute atomic E-state index is 7.11. The fraction of sp³-hybridized carbons (Fsp3) is 0.333. The first-order valence-corrected chi connectivity index (χ1v) is 3.09. The predicted molar refractivity (Wildman–Crippen MR) is 40.7 cm³/mol. The molecule has 0 fully saturated rings. The van der Waals surface area contributed by atoms with Crippen molar-refractivity contribution in [3.63, 3.8) is 0 Å². The molecule has 0 bridgehead atoms. The van der Waals surface area contributed by atoms with E-state index in [2.05, 4.69) is 26.0 Å². The summed E-state index contributed by atoms with van der Waals surface area (Å²) >= 11 is 0. The van der Waals surface area contributed by atoms with Crippen LogP contribution in [0.2, 0.25) is 0 Å². The molecule has 0 unspecified atom stereocenters. The second-order valence-corrected chi connectivity index (χ2v) is 2.42. The van der Waals surface area contributed by atoms with Crippen LogP contribution in [0.4, 0.5) is 0 Å². The van der Waals surface area contributed by atoms with Crippen molar-refractivity contribution in [3.8, 4) is 0 Å². The summed E-state index contributed by atoms with van der Waals surface area (Å²) in [6, 6.07) is 6.15. The summed E-state index contributed by atoms with van der Waals surface area (Å²) < 4.78 is 7.11. The molecule has 0 nitrogen and oxygen atoms in total. The van der Waals surface area contributed by atoms with Gasteiger partial charge in [0.2, 0.25) is 0 Å². The number of hydrogen-bond acceptors (Lipinski definition) is 0. The Hall–Kier alpha value is -0.780. The van der Waals surface area contributed by atoms with Crippen molar-refractivity contribution in [3.05, 3.63) is 34.9 Å². The highest BCUT2D eigenvalue weighted by atomic mass is 13.9. The van der Waals surface area contributed by atoms with Crippen molar-refractivity contribution < 1.29 is 1.37 Å². The van der Waals surface area contributed by atoms with Crippen LogP contribution in [0.25, 0.3) is 0 Å². The molecule has 0 aromatic heterocycles. The van der Waals surface area contributed by atoms with E-state index in [1.807, 2.05) is 6.07 Å². The van der Waals surface area contributed by atoms with E-state index in [1.54, 1.807) is 0 Å². The first-order valence-electron chi connectivity index (χ1n) is 3.80. The molecule has 0 aliphatic heterocycles. The molecular formula is C9H12. The zero-order chi connectivity index (χ0) is 7.56. The Labute approximate surface area is 57.9 Å². The number of benzene rings is 1. The molecule has 0 saturated heterocycles. The molecule has 0 radical (unpaired) electrons. The third-order valence-corrected chi connectivity index (χ3v) is 1.57. The van der Waals surface area contributed by atoms with E-state index in [0.29, 0.717) is 6.90 Å². The normalized spacial score (nSPS) is 11.1. The lowest BCUT2D eigenvalue weighted by Crippen LogP contribution is -1.79. The quantitative estimate of drug-likeness (QED) is 0.495. The minimum absolute atomic E-state index is 0.390. The standard InChI is InChI=1S/C9H12/c1-7-4-5-8(2)9(3)6-7/h4-6H,1-3H3/i1D. The first kappa shape index (κ1) is 5.04. The summed E-state index contributed by atoms with van der Waals surface area (Å²) in [5, 5.41) is 0. The Morgan fingerprint density at radius 2 is 2.00 bits per heavy atom. The molecule has 1 aromatic rings. The van der Waals surface area contributed by atoms with Crippen LogP contribution < -0.4 is 0 Å². The average molecular weight is 121 g/mol. The van der Waals surface area contributed by atoms with Crippen molar-refractivity contribution >= 4 is 0 Å². The van der Waals surface area contributed by atoms with Crippen LogP contribution >= 0.6 is 0 Å². The molecule has 0 amide bonds. The summed E-state index contributed by atoms with van der Waals surface area (Å²) in [6.07, 6.45) is 0. The molecule has 0 saturated carbocycles. The number of hydrogen-bond donors (Lipinski definition) is 0. The SMILES string of the molecule is [2H]Cc1ccc(C)c(C)c1. The summed E-state index contributed by atoms with van der Waals surface area (Å²) in [5.74, 6) is 0. The van der Waals surface area contributed by atoms with Crippen molar-refractivity contribution in [2.75, 3.05) is 0 Å². The van der Waals surface area contributed by atoms with E-state index in [1.165, 1.54) is 11.1 Å². The van der Waals surface area contributed by atoms with E-state index in [0.717, 1.165) is 5.56 Å². The van der Waals surface area contributed by atoms with Gasteiger partial charge in [-0.1, -0.05) is 23.8 Å². The van der Waals surface area contributed by atoms with E-state index < -0.39 is 0 Å². The van der Waals surface area contributed by atoms with Gasteiger partial charge in [-0.25, -0.2) is 0 Å². The van der Waals surface area contributed by atoms with Gasteiger partial charge in [0.05, 0.1) is 0 Å². The van der Waals surface area contributed by atoms with E-state index in [-0.39, 0.29) is 0 Å². The van der Waals surface area contributed by atoms with Crippen LogP contribution in [0, 0.1) is 20.7 Å². The van der Waals surface area contributed by atoms with Crippen LogP contribution in [0.15, 0.2) is 18.2 Å². The maximum Gasteiger partial charge on any atom is 0.0280 e. The number of rotatable bonds is 0. The Balaban J connectivity index is 3.04. The highest BCUT2D eigenvalue weighted by Gasteiger charge is 1.89. The maximum atomic E-state index is 7.11. The summed E-state index contributed by atoms with van der Waals surface area (Å²) in [7, 11) is 0. The fourth-order valence-electron chi connectivity index (χ4n) is 0.804. The topological polar surface area (TPSA) is 0 Å². The monoisotopic (exact) mass is 121 g/mol. The minimum atomic E-state index is 0.390. The Morgan fingerprint density at radius 1 is 1.22 bits per heavy atom. The van der Waals surface area contributed by atoms with E-state index in [9.17, 15) is 0 Å². The molecule has 1 aromatic carbocycles. The second kappa shape index (κ2) is 2.22. The van der Waals surface area contributed by atoms with Gasteiger partial charge in [-0.05, 0) is 31.9 Å². The fourth-order valence-corrected chi connectivity index (χ4v) is 0.804. The third-order valence-electron chi connectivity index (χ3n) is 1.57. The van der Waals surface area contributed by atoms with Crippen LogP contribution in [0.3, 0.4) is 0 Å². The van der Waals surface area contributed by atoms with Crippen LogP contribution in [-0.2, 0) is 0 Å². The molecule has 0 atom stereocenters. The highest BCUT2D eigenvalue weighted by Crippen LogP contribution is 2.07. The lowest BCUT2D eigenvalue weighted by molar-refractivity contribution is 1.30. The molecule has 0 heteroatoms. The van der Waals surface area contributed by atoms with Crippen LogP contribution in [0.1, 0.15) is 18.1 Å². The number of aryl methyl sites for hydroxylation is 3. The second-order valence-electron chi connectivity index (χ2n) is 2.42. The largest absolute Gasteiger partial charge is 0.0590 e. The third kappa shape index (κ3) is 1.32. The van der Waals surface area contributed by atoms with Gasteiger partial charge >= 0.3 is 0 Å². The van der Waals surface area contributed by atoms with Gasteiger partial charge in [0.15, 0.2) is 0 Å². The zero-order valence-electron chi connectivity index (χ0n) is 6.94. The van der Waals surface area contributed by atoms with E-state index >= 15 is 0 Å². The Kier molecular flexibility index (Phi) is 1.24. The Morgan fingerprint density at radius 3 is 2.56 bits per heavy atom.